The van der Waals surface area contributed by atoms with E-state index in [1.54, 1.807) is 6.07 Å². The van der Waals surface area contributed by atoms with E-state index in [0.717, 1.165) is 11.1 Å². The van der Waals surface area contributed by atoms with Gasteiger partial charge < -0.3 is 5.11 Å². The first-order chi connectivity index (χ1) is 7.04. The third-order valence-electron chi connectivity index (χ3n) is 2.47. The highest BCUT2D eigenvalue weighted by molar-refractivity contribution is 5.73. The molecule has 1 rings (SSSR count). The van der Waals surface area contributed by atoms with Crippen molar-refractivity contribution in [3.8, 4) is 6.07 Å². The molecule has 0 saturated heterocycles. The second-order valence-corrected chi connectivity index (χ2v) is 3.64. The van der Waals surface area contributed by atoms with Gasteiger partial charge in [-0.1, -0.05) is 18.2 Å². The Morgan fingerprint density at radius 3 is 2.60 bits per heavy atom. The van der Waals surface area contributed by atoms with Crippen LogP contribution < -0.4 is 0 Å². The van der Waals surface area contributed by atoms with Crippen LogP contribution in [0.1, 0.15) is 16.7 Å². The van der Waals surface area contributed by atoms with Crippen LogP contribution in [0.3, 0.4) is 0 Å². The number of carboxylic acid groups (broad SMARTS) is 1. The normalized spacial score (nSPS) is 11.8. The van der Waals surface area contributed by atoms with Crippen LogP contribution in [-0.2, 0) is 11.2 Å². The molecule has 0 aromatic heterocycles. The van der Waals surface area contributed by atoms with Crippen molar-refractivity contribution >= 4 is 5.97 Å². The molecule has 0 spiro atoms. The molecule has 0 unspecified atom stereocenters. The summed E-state index contributed by atoms with van der Waals surface area (Å²) in [7, 11) is 0. The third kappa shape index (κ3) is 2.81. The number of nitrogens with zero attached hydrogens (tertiary/aromatic N) is 1. The van der Waals surface area contributed by atoms with Crippen LogP contribution in [0, 0.1) is 31.1 Å². The maximum Gasteiger partial charge on any atom is 0.321 e. The van der Waals surface area contributed by atoms with Gasteiger partial charge in [0.2, 0.25) is 0 Å². The van der Waals surface area contributed by atoms with Gasteiger partial charge in [-0.25, -0.2) is 0 Å². The SMILES string of the molecule is Cc1ccc(C[C@@H](C#N)C(=O)O)cc1C. The summed E-state index contributed by atoms with van der Waals surface area (Å²) in [5.74, 6) is -2.01. The van der Waals surface area contributed by atoms with Gasteiger partial charge in [-0.15, -0.1) is 0 Å². The summed E-state index contributed by atoms with van der Waals surface area (Å²) >= 11 is 0. The molecule has 1 N–H and O–H groups in total. The standard InChI is InChI=1S/C12H13NO2/c1-8-3-4-10(5-9(8)2)6-11(7-13)12(14)15/h3-5,11H,6H2,1-2H3,(H,14,15)/t11-/m0/s1. The van der Waals surface area contributed by atoms with Crippen LogP contribution in [-0.4, -0.2) is 11.1 Å². The second-order valence-electron chi connectivity index (χ2n) is 3.64. The molecule has 3 nitrogen and oxygen atoms in total. The number of hydrogen-bond acceptors (Lipinski definition) is 2. The third-order valence-corrected chi connectivity index (χ3v) is 2.47. The zero-order valence-corrected chi connectivity index (χ0v) is 8.82. The number of benzene rings is 1. The molecule has 0 amide bonds. The number of rotatable bonds is 3. The van der Waals surface area contributed by atoms with E-state index in [9.17, 15) is 4.79 Å². The van der Waals surface area contributed by atoms with Crippen molar-refractivity contribution in [2.75, 3.05) is 0 Å². The lowest BCUT2D eigenvalue weighted by Gasteiger charge is -2.06. The number of aliphatic carboxylic acids is 1. The molecule has 0 aliphatic rings. The predicted octanol–water partition coefficient (Wildman–Crippen LogP) is 2.07. The molecule has 0 fully saturated rings. The first kappa shape index (κ1) is 11.3. The van der Waals surface area contributed by atoms with Gasteiger partial charge in [0.1, 0.15) is 5.92 Å². The topological polar surface area (TPSA) is 61.1 Å². The van der Waals surface area contributed by atoms with E-state index in [-0.39, 0.29) is 6.42 Å². The van der Waals surface area contributed by atoms with Gasteiger partial charge in [-0.3, -0.25) is 4.79 Å². The molecule has 0 aliphatic heterocycles. The maximum absolute atomic E-state index is 10.7. The fourth-order valence-corrected chi connectivity index (χ4v) is 1.35. The van der Waals surface area contributed by atoms with Gasteiger partial charge in [-0.2, -0.15) is 5.26 Å². The van der Waals surface area contributed by atoms with E-state index in [0.29, 0.717) is 0 Å². The zero-order valence-electron chi connectivity index (χ0n) is 8.82. The summed E-state index contributed by atoms with van der Waals surface area (Å²) in [6.07, 6.45) is 0.271. The van der Waals surface area contributed by atoms with Gasteiger partial charge >= 0.3 is 5.97 Å². The molecule has 0 saturated carbocycles. The van der Waals surface area contributed by atoms with Gasteiger partial charge in [0.25, 0.3) is 0 Å². The van der Waals surface area contributed by atoms with E-state index in [1.165, 1.54) is 5.56 Å². The highest BCUT2D eigenvalue weighted by Gasteiger charge is 2.16. The summed E-state index contributed by atoms with van der Waals surface area (Å²) < 4.78 is 0. The van der Waals surface area contributed by atoms with Crippen molar-refractivity contribution < 1.29 is 9.90 Å². The molecule has 1 atom stereocenters. The molecular formula is C12H13NO2. The quantitative estimate of drug-likeness (QED) is 0.818. The first-order valence-corrected chi connectivity index (χ1v) is 4.73. The fourth-order valence-electron chi connectivity index (χ4n) is 1.35. The molecule has 0 bridgehead atoms. The lowest BCUT2D eigenvalue weighted by Crippen LogP contribution is -2.14. The molecule has 0 heterocycles. The second kappa shape index (κ2) is 4.61. The number of carbonyl (C=O) groups is 1. The molecule has 15 heavy (non-hydrogen) atoms. The maximum atomic E-state index is 10.7. The van der Waals surface area contributed by atoms with Gasteiger partial charge in [-0.05, 0) is 37.0 Å². The molecule has 3 heteroatoms. The predicted molar refractivity (Wildman–Crippen MR) is 56.4 cm³/mol. The molecule has 1 aromatic rings. The van der Waals surface area contributed by atoms with E-state index >= 15 is 0 Å². The van der Waals surface area contributed by atoms with Crippen molar-refractivity contribution in [2.45, 2.75) is 20.3 Å². The van der Waals surface area contributed by atoms with E-state index in [1.807, 2.05) is 32.0 Å². The Labute approximate surface area is 89.0 Å². The lowest BCUT2D eigenvalue weighted by molar-refractivity contribution is -0.139. The fraction of sp³-hybridized carbons (Fsp3) is 0.333. The van der Waals surface area contributed by atoms with Crippen LogP contribution in [0.15, 0.2) is 18.2 Å². The minimum Gasteiger partial charge on any atom is -0.480 e. The Balaban J connectivity index is 2.86. The highest BCUT2D eigenvalue weighted by Crippen LogP contribution is 2.13. The van der Waals surface area contributed by atoms with Crippen molar-refractivity contribution in [2.24, 2.45) is 5.92 Å². The minimum absolute atomic E-state index is 0.271. The Hall–Kier alpha value is -1.82. The molecule has 1 aromatic carbocycles. The molecule has 0 radical (unpaired) electrons. The van der Waals surface area contributed by atoms with Crippen LogP contribution in [0.25, 0.3) is 0 Å². The number of aryl methyl sites for hydroxylation is 2. The minimum atomic E-state index is -1.06. The monoisotopic (exact) mass is 203 g/mol. The summed E-state index contributed by atoms with van der Waals surface area (Å²) in [6.45, 7) is 3.97. The smallest absolute Gasteiger partial charge is 0.321 e. The molecule has 78 valence electrons. The highest BCUT2D eigenvalue weighted by atomic mass is 16.4. The van der Waals surface area contributed by atoms with Crippen molar-refractivity contribution in [3.63, 3.8) is 0 Å². The zero-order chi connectivity index (χ0) is 11.4. The van der Waals surface area contributed by atoms with E-state index in [4.69, 9.17) is 10.4 Å². The molecule has 0 aliphatic carbocycles. The van der Waals surface area contributed by atoms with Gasteiger partial charge in [0.15, 0.2) is 0 Å². The summed E-state index contributed by atoms with van der Waals surface area (Å²) in [4.78, 5) is 10.7. The molecular weight excluding hydrogens is 190 g/mol. The van der Waals surface area contributed by atoms with Crippen LogP contribution >= 0.6 is 0 Å². The van der Waals surface area contributed by atoms with Crippen LogP contribution in [0.5, 0.6) is 0 Å². The number of carboxylic acids is 1. The largest absolute Gasteiger partial charge is 0.480 e. The van der Waals surface area contributed by atoms with Crippen molar-refractivity contribution in [3.05, 3.63) is 34.9 Å². The number of hydrogen-bond donors (Lipinski definition) is 1. The van der Waals surface area contributed by atoms with Gasteiger partial charge in [0.05, 0.1) is 6.07 Å². The van der Waals surface area contributed by atoms with Crippen molar-refractivity contribution in [1.82, 2.24) is 0 Å². The average Bonchev–Trinajstić information content (AvgIpc) is 2.19. The van der Waals surface area contributed by atoms with Gasteiger partial charge in [0, 0.05) is 0 Å². The Kier molecular flexibility index (Phi) is 3.46. The summed E-state index contributed by atoms with van der Waals surface area (Å²) in [5.41, 5.74) is 3.18. The Morgan fingerprint density at radius 1 is 1.47 bits per heavy atom. The van der Waals surface area contributed by atoms with Crippen LogP contribution in [0.4, 0.5) is 0 Å². The number of nitriles is 1. The Morgan fingerprint density at radius 2 is 2.13 bits per heavy atom. The average molecular weight is 203 g/mol. The summed E-state index contributed by atoms with van der Waals surface area (Å²) in [5, 5.41) is 17.4. The lowest BCUT2D eigenvalue weighted by atomic mass is 9.98. The summed E-state index contributed by atoms with van der Waals surface area (Å²) in [6, 6.07) is 7.53. The van der Waals surface area contributed by atoms with E-state index < -0.39 is 11.9 Å². The van der Waals surface area contributed by atoms with E-state index in [2.05, 4.69) is 0 Å². The van der Waals surface area contributed by atoms with Crippen LogP contribution in [0.2, 0.25) is 0 Å². The Bertz CT molecular complexity index is 418. The van der Waals surface area contributed by atoms with Crippen molar-refractivity contribution in [1.29, 1.82) is 5.26 Å². The first-order valence-electron chi connectivity index (χ1n) is 4.73.